The van der Waals surface area contributed by atoms with Crippen LogP contribution in [0.5, 0.6) is 0 Å². The number of amides is 1. The average molecular weight is 401 g/mol. The molecule has 0 aliphatic carbocycles. The molecule has 0 spiro atoms. The van der Waals surface area contributed by atoms with Crippen LogP contribution in [0.1, 0.15) is 16.3 Å². The quantitative estimate of drug-likeness (QED) is 0.423. The molecule has 0 saturated heterocycles. The van der Waals surface area contributed by atoms with Crippen molar-refractivity contribution in [3.05, 3.63) is 75.1 Å². The maximum absolute atomic E-state index is 12.9. The summed E-state index contributed by atoms with van der Waals surface area (Å²) in [5.74, 6) is 0.838. The highest BCUT2D eigenvalue weighted by atomic mass is 32.1. The SMILES string of the molecule is O=C(Cc1csc(-c2cccs2)n1)N(Cc1ccco1)Cc1cccs1. The molecule has 0 atom stereocenters. The smallest absolute Gasteiger partial charge is 0.229 e. The fourth-order valence-corrected chi connectivity index (χ4v) is 4.94. The number of thiophene rings is 2. The zero-order valence-electron chi connectivity index (χ0n) is 13.8. The van der Waals surface area contributed by atoms with Gasteiger partial charge in [-0.25, -0.2) is 4.98 Å². The molecule has 0 fully saturated rings. The van der Waals surface area contributed by atoms with E-state index in [0.29, 0.717) is 19.5 Å². The summed E-state index contributed by atoms with van der Waals surface area (Å²) in [4.78, 5) is 21.7. The minimum atomic E-state index is 0.0535. The van der Waals surface area contributed by atoms with Crippen molar-refractivity contribution in [1.82, 2.24) is 9.88 Å². The third-order valence-corrected chi connectivity index (χ3v) is 6.61. The van der Waals surface area contributed by atoms with Gasteiger partial charge in [0.1, 0.15) is 10.8 Å². The largest absolute Gasteiger partial charge is 0.467 e. The van der Waals surface area contributed by atoms with Crippen LogP contribution >= 0.6 is 34.0 Å². The van der Waals surface area contributed by atoms with Crippen molar-refractivity contribution in [2.24, 2.45) is 0 Å². The molecule has 0 radical (unpaired) electrons. The second kappa shape index (κ2) is 7.99. The Hall–Kier alpha value is -2.22. The van der Waals surface area contributed by atoms with Gasteiger partial charge in [0, 0.05) is 10.3 Å². The van der Waals surface area contributed by atoms with Crippen molar-refractivity contribution in [1.29, 1.82) is 0 Å². The monoisotopic (exact) mass is 400 g/mol. The van der Waals surface area contributed by atoms with Crippen LogP contribution in [0, 0.1) is 0 Å². The lowest BCUT2D eigenvalue weighted by molar-refractivity contribution is -0.132. The number of hydrogen-bond donors (Lipinski definition) is 0. The molecular weight excluding hydrogens is 384 g/mol. The molecule has 4 aromatic rings. The fourth-order valence-electron chi connectivity index (χ4n) is 2.58. The van der Waals surface area contributed by atoms with Gasteiger partial charge in [-0.15, -0.1) is 34.0 Å². The van der Waals surface area contributed by atoms with Crippen LogP contribution in [-0.2, 0) is 24.3 Å². The highest BCUT2D eigenvalue weighted by molar-refractivity contribution is 7.20. The van der Waals surface area contributed by atoms with Gasteiger partial charge in [-0.1, -0.05) is 12.1 Å². The molecule has 4 heterocycles. The Labute approximate surface area is 163 Å². The van der Waals surface area contributed by atoms with E-state index in [4.69, 9.17) is 4.42 Å². The number of carbonyl (C=O) groups excluding carboxylic acids is 1. The average Bonchev–Trinajstić information content (AvgIpc) is 3.41. The number of hydrogen-bond acceptors (Lipinski definition) is 6. The number of rotatable bonds is 7. The Morgan fingerprint density at radius 3 is 2.65 bits per heavy atom. The first kappa shape index (κ1) is 17.2. The van der Waals surface area contributed by atoms with Crippen LogP contribution in [0.15, 0.2) is 63.2 Å². The minimum Gasteiger partial charge on any atom is -0.467 e. The van der Waals surface area contributed by atoms with E-state index in [0.717, 1.165) is 26.2 Å². The van der Waals surface area contributed by atoms with E-state index >= 15 is 0 Å². The van der Waals surface area contributed by atoms with Crippen LogP contribution in [0.3, 0.4) is 0 Å². The minimum absolute atomic E-state index is 0.0535. The van der Waals surface area contributed by atoms with E-state index in [1.807, 2.05) is 51.4 Å². The zero-order chi connectivity index (χ0) is 17.8. The molecule has 1 amide bonds. The van der Waals surface area contributed by atoms with E-state index in [9.17, 15) is 4.79 Å². The predicted octanol–water partition coefficient (Wildman–Crippen LogP) is 5.30. The lowest BCUT2D eigenvalue weighted by atomic mass is 10.2. The molecule has 0 saturated carbocycles. The second-order valence-electron chi connectivity index (χ2n) is 5.71. The van der Waals surface area contributed by atoms with E-state index in [1.165, 1.54) is 0 Å². The van der Waals surface area contributed by atoms with E-state index < -0.39 is 0 Å². The second-order valence-corrected chi connectivity index (χ2v) is 8.54. The van der Waals surface area contributed by atoms with Crippen LogP contribution in [0.2, 0.25) is 0 Å². The van der Waals surface area contributed by atoms with Gasteiger partial charge in [0.15, 0.2) is 0 Å². The molecule has 0 aliphatic heterocycles. The highest BCUT2D eigenvalue weighted by Gasteiger charge is 2.18. The standard InChI is InChI=1S/C19H16N2O2S3/c22-18(10-14-13-26-19(20-14)17-6-3-9-25-17)21(11-15-4-1-7-23-15)12-16-5-2-8-24-16/h1-9,13H,10-12H2. The van der Waals surface area contributed by atoms with Gasteiger partial charge in [-0.2, -0.15) is 0 Å². The summed E-state index contributed by atoms with van der Waals surface area (Å²) < 4.78 is 5.43. The first-order valence-corrected chi connectivity index (χ1v) is 10.7. The summed E-state index contributed by atoms with van der Waals surface area (Å²) in [5, 5.41) is 7.01. The summed E-state index contributed by atoms with van der Waals surface area (Å²) in [6.07, 6.45) is 1.94. The third-order valence-electron chi connectivity index (χ3n) is 3.82. The summed E-state index contributed by atoms with van der Waals surface area (Å²) in [7, 11) is 0. The van der Waals surface area contributed by atoms with E-state index in [1.54, 1.807) is 40.3 Å². The van der Waals surface area contributed by atoms with Crippen molar-refractivity contribution < 1.29 is 9.21 Å². The predicted molar refractivity (Wildman–Crippen MR) is 106 cm³/mol. The first-order valence-electron chi connectivity index (χ1n) is 8.09. The van der Waals surface area contributed by atoms with Crippen LogP contribution in [0.4, 0.5) is 0 Å². The first-order chi connectivity index (χ1) is 12.8. The molecule has 26 heavy (non-hydrogen) atoms. The van der Waals surface area contributed by atoms with Crippen LogP contribution < -0.4 is 0 Å². The number of carbonyl (C=O) groups is 1. The normalized spacial score (nSPS) is 10.9. The molecule has 7 heteroatoms. The Kier molecular flexibility index (Phi) is 5.29. The number of furan rings is 1. The zero-order valence-corrected chi connectivity index (χ0v) is 16.3. The highest BCUT2D eigenvalue weighted by Crippen LogP contribution is 2.28. The lowest BCUT2D eigenvalue weighted by Gasteiger charge is -2.20. The Balaban J connectivity index is 1.48. The van der Waals surface area contributed by atoms with Gasteiger partial charge in [0.05, 0.1) is 36.3 Å². The summed E-state index contributed by atoms with van der Waals surface area (Å²) in [6.45, 7) is 1.05. The van der Waals surface area contributed by atoms with Gasteiger partial charge < -0.3 is 9.32 Å². The van der Waals surface area contributed by atoms with Crippen LogP contribution in [0.25, 0.3) is 9.88 Å². The fraction of sp³-hybridized carbons (Fsp3) is 0.158. The summed E-state index contributed by atoms with van der Waals surface area (Å²) >= 11 is 4.90. The molecule has 0 N–H and O–H groups in total. The maximum atomic E-state index is 12.9. The molecule has 0 bridgehead atoms. The molecule has 0 aromatic carbocycles. The van der Waals surface area contributed by atoms with E-state index in [-0.39, 0.29) is 5.91 Å². The van der Waals surface area contributed by atoms with Crippen molar-refractivity contribution in [3.63, 3.8) is 0 Å². The molecular formula is C19H16N2O2S3. The maximum Gasteiger partial charge on any atom is 0.229 e. The topological polar surface area (TPSA) is 46.3 Å². The Morgan fingerprint density at radius 2 is 1.92 bits per heavy atom. The van der Waals surface area contributed by atoms with Crippen molar-refractivity contribution >= 4 is 39.9 Å². The van der Waals surface area contributed by atoms with Crippen molar-refractivity contribution in [3.8, 4) is 9.88 Å². The molecule has 0 aliphatic rings. The summed E-state index contributed by atoms with van der Waals surface area (Å²) in [6, 6.07) is 11.9. The van der Waals surface area contributed by atoms with Crippen molar-refractivity contribution in [2.75, 3.05) is 0 Å². The lowest BCUT2D eigenvalue weighted by Crippen LogP contribution is -2.31. The Morgan fingerprint density at radius 1 is 1.04 bits per heavy atom. The van der Waals surface area contributed by atoms with Crippen LogP contribution in [-0.4, -0.2) is 15.8 Å². The third kappa shape index (κ3) is 4.12. The van der Waals surface area contributed by atoms with Crippen molar-refractivity contribution in [2.45, 2.75) is 19.5 Å². The van der Waals surface area contributed by atoms with Gasteiger partial charge >= 0.3 is 0 Å². The molecule has 0 unspecified atom stereocenters. The van der Waals surface area contributed by atoms with Gasteiger partial charge in [-0.3, -0.25) is 4.79 Å². The van der Waals surface area contributed by atoms with Gasteiger partial charge in [0.2, 0.25) is 5.91 Å². The van der Waals surface area contributed by atoms with E-state index in [2.05, 4.69) is 11.1 Å². The molecule has 132 valence electrons. The number of aromatic nitrogens is 1. The summed E-state index contributed by atoms with van der Waals surface area (Å²) in [5.41, 5.74) is 0.819. The molecule has 4 rings (SSSR count). The number of thiazole rings is 1. The van der Waals surface area contributed by atoms with Gasteiger partial charge in [0.25, 0.3) is 0 Å². The number of nitrogens with zero attached hydrogens (tertiary/aromatic N) is 2. The molecule has 4 nitrogen and oxygen atoms in total. The molecule has 4 aromatic heterocycles. The Bertz CT molecular complexity index is 905. The van der Waals surface area contributed by atoms with Gasteiger partial charge in [-0.05, 0) is 35.0 Å².